The molecule has 7 nitrogen and oxygen atoms in total. The largest absolute Gasteiger partial charge is 0.497 e. The van der Waals surface area contributed by atoms with Crippen molar-refractivity contribution in [2.45, 2.75) is 6.92 Å². The van der Waals surface area contributed by atoms with E-state index < -0.39 is 5.97 Å². The Kier molecular flexibility index (Phi) is 5.30. The topological polar surface area (TPSA) is 84.2 Å². The number of para-hydroxylation sites is 1. The Bertz CT molecular complexity index is 1460. The maximum Gasteiger partial charge on any atom is 0.379 e. The molecule has 0 unspecified atom stereocenters. The van der Waals surface area contributed by atoms with Crippen molar-refractivity contribution in [2.75, 3.05) is 14.2 Å². The summed E-state index contributed by atoms with van der Waals surface area (Å²) in [5.41, 5.74) is 2.20. The van der Waals surface area contributed by atoms with Crippen molar-refractivity contribution in [1.82, 2.24) is 0 Å². The maximum atomic E-state index is 12.8. The van der Waals surface area contributed by atoms with E-state index in [1.54, 1.807) is 56.5 Å². The first-order valence-corrected chi connectivity index (χ1v) is 10.5. The summed E-state index contributed by atoms with van der Waals surface area (Å²) in [4.78, 5) is 25.6. The third-order valence-corrected chi connectivity index (χ3v) is 5.58. The van der Waals surface area contributed by atoms with Crippen LogP contribution in [-0.2, 0) is 0 Å². The van der Waals surface area contributed by atoms with Gasteiger partial charge in [0.25, 0.3) is 0 Å². The SMILES string of the molecule is COc1ccc(/C=C2\Oc3c(ccc(OC(=O)c4cc5cccc(OC)c5o4)c3C)C2=O)cc1. The second-order valence-corrected chi connectivity index (χ2v) is 7.66. The van der Waals surface area contributed by atoms with E-state index in [2.05, 4.69) is 0 Å². The second-order valence-electron chi connectivity index (χ2n) is 7.66. The van der Waals surface area contributed by atoms with E-state index in [0.717, 1.165) is 10.9 Å². The second kappa shape index (κ2) is 8.44. The van der Waals surface area contributed by atoms with Crippen molar-refractivity contribution in [3.8, 4) is 23.0 Å². The van der Waals surface area contributed by atoms with Gasteiger partial charge in [-0.2, -0.15) is 0 Å². The summed E-state index contributed by atoms with van der Waals surface area (Å²) in [6.45, 7) is 1.73. The zero-order chi connectivity index (χ0) is 23.8. The van der Waals surface area contributed by atoms with E-state index in [1.165, 1.54) is 7.11 Å². The highest BCUT2D eigenvalue weighted by molar-refractivity contribution is 6.15. The van der Waals surface area contributed by atoms with Crippen LogP contribution in [0.1, 0.15) is 32.0 Å². The van der Waals surface area contributed by atoms with E-state index in [9.17, 15) is 9.59 Å². The Morgan fingerprint density at radius 1 is 0.941 bits per heavy atom. The number of carbonyl (C=O) groups excluding carboxylic acids is 2. The van der Waals surface area contributed by atoms with E-state index in [1.807, 2.05) is 24.3 Å². The Labute approximate surface area is 195 Å². The van der Waals surface area contributed by atoms with Crippen LogP contribution in [0.5, 0.6) is 23.0 Å². The number of carbonyl (C=O) groups is 2. The third-order valence-electron chi connectivity index (χ3n) is 5.58. The number of benzene rings is 3. The van der Waals surface area contributed by atoms with Gasteiger partial charge in [-0.05, 0) is 55.0 Å². The Balaban J connectivity index is 1.40. The van der Waals surface area contributed by atoms with Gasteiger partial charge in [-0.15, -0.1) is 0 Å². The highest BCUT2D eigenvalue weighted by atomic mass is 16.6. The number of rotatable bonds is 5. The van der Waals surface area contributed by atoms with Gasteiger partial charge < -0.3 is 23.4 Å². The molecule has 0 fully saturated rings. The molecule has 0 atom stereocenters. The number of methoxy groups -OCH3 is 2. The summed E-state index contributed by atoms with van der Waals surface area (Å²) >= 11 is 0. The average molecular weight is 456 g/mol. The Morgan fingerprint density at radius 2 is 1.74 bits per heavy atom. The third kappa shape index (κ3) is 3.67. The van der Waals surface area contributed by atoms with Crippen LogP contribution in [0.25, 0.3) is 17.0 Å². The van der Waals surface area contributed by atoms with E-state index in [0.29, 0.717) is 34.0 Å². The molecule has 1 aliphatic rings. The molecule has 4 aromatic rings. The molecular formula is C27H20O7. The minimum Gasteiger partial charge on any atom is -0.497 e. The van der Waals surface area contributed by atoms with Gasteiger partial charge in [0.2, 0.25) is 11.5 Å². The number of allylic oxidation sites excluding steroid dienone is 1. The molecule has 1 aliphatic heterocycles. The molecule has 0 N–H and O–H groups in total. The number of esters is 1. The standard InChI is InChI=1S/C27H20O7/c1-15-20(34-27(29)23-14-17-5-4-6-21(31-3)26(17)33-23)12-11-19-24(28)22(32-25(15)19)13-16-7-9-18(30-2)10-8-16/h4-14H,1-3H3/b22-13-. The Morgan fingerprint density at radius 3 is 2.47 bits per heavy atom. The van der Waals surface area contributed by atoms with Gasteiger partial charge in [0.05, 0.1) is 19.8 Å². The van der Waals surface area contributed by atoms with Crippen LogP contribution < -0.4 is 18.9 Å². The first-order valence-electron chi connectivity index (χ1n) is 10.5. The molecular weight excluding hydrogens is 436 g/mol. The van der Waals surface area contributed by atoms with Crippen LogP contribution >= 0.6 is 0 Å². The quantitative estimate of drug-likeness (QED) is 0.220. The molecule has 3 aromatic carbocycles. The molecule has 1 aromatic heterocycles. The maximum absolute atomic E-state index is 12.8. The van der Waals surface area contributed by atoms with Gasteiger partial charge in [0.1, 0.15) is 17.2 Å². The molecule has 5 rings (SSSR count). The molecule has 34 heavy (non-hydrogen) atoms. The van der Waals surface area contributed by atoms with Crippen LogP contribution in [0.2, 0.25) is 0 Å². The monoisotopic (exact) mass is 456 g/mol. The molecule has 0 radical (unpaired) electrons. The van der Waals surface area contributed by atoms with Crippen LogP contribution in [0.3, 0.4) is 0 Å². The number of ketones is 1. The summed E-state index contributed by atoms with van der Waals surface area (Å²) in [5, 5.41) is 0.721. The summed E-state index contributed by atoms with van der Waals surface area (Å²) in [5.74, 6) is 1.20. The van der Waals surface area contributed by atoms with Crippen molar-refractivity contribution in [3.63, 3.8) is 0 Å². The number of hydrogen-bond acceptors (Lipinski definition) is 7. The zero-order valence-electron chi connectivity index (χ0n) is 18.7. The molecule has 7 heteroatoms. The van der Waals surface area contributed by atoms with Crippen LogP contribution in [0.4, 0.5) is 0 Å². The van der Waals surface area contributed by atoms with Gasteiger partial charge in [-0.3, -0.25) is 4.79 Å². The average Bonchev–Trinajstić information content (AvgIpc) is 3.43. The zero-order valence-corrected chi connectivity index (χ0v) is 18.7. The Hall–Kier alpha value is -4.52. The summed E-state index contributed by atoms with van der Waals surface area (Å²) in [7, 11) is 3.12. The van der Waals surface area contributed by atoms with Gasteiger partial charge >= 0.3 is 5.97 Å². The van der Waals surface area contributed by atoms with E-state index in [-0.39, 0.29) is 23.1 Å². The summed E-state index contributed by atoms with van der Waals surface area (Å²) < 4.78 is 27.5. The lowest BCUT2D eigenvalue weighted by Crippen LogP contribution is -2.08. The van der Waals surface area contributed by atoms with E-state index >= 15 is 0 Å². The molecule has 170 valence electrons. The number of hydrogen-bond donors (Lipinski definition) is 0. The van der Waals surface area contributed by atoms with Gasteiger partial charge in [0.15, 0.2) is 17.1 Å². The fraction of sp³-hybridized carbons (Fsp3) is 0.111. The van der Waals surface area contributed by atoms with Crippen LogP contribution in [-0.4, -0.2) is 26.0 Å². The predicted octanol–water partition coefficient (Wildman–Crippen LogP) is 5.59. The van der Waals surface area contributed by atoms with E-state index in [4.69, 9.17) is 23.4 Å². The first kappa shape index (κ1) is 21.3. The lowest BCUT2D eigenvalue weighted by atomic mass is 10.1. The number of Topliss-reactive ketones (excluding diaryl/α,β-unsaturated/α-hetero) is 1. The highest BCUT2D eigenvalue weighted by Gasteiger charge is 2.31. The number of ether oxygens (including phenoxy) is 4. The minimum absolute atomic E-state index is 0.0384. The molecule has 0 spiro atoms. The molecule has 0 bridgehead atoms. The van der Waals surface area contributed by atoms with Crippen LogP contribution in [0, 0.1) is 6.92 Å². The fourth-order valence-electron chi connectivity index (χ4n) is 3.78. The van der Waals surface area contributed by atoms with Crippen molar-refractivity contribution in [3.05, 3.63) is 88.9 Å². The molecule has 0 amide bonds. The highest BCUT2D eigenvalue weighted by Crippen LogP contribution is 2.40. The van der Waals surface area contributed by atoms with Crippen molar-refractivity contribution < 1.29 is 33.0 Å². The molecule has 2 heterocycles. The van der Waals surface area contributed by atoms with Crippen LogP contribution in [0.15, 0.2) is 70.8 Å². The van der Waals surface area contributed by atoms with Crippen molar-refractivity contribution in [1.29, 1.82) is 0 Å². The first-order chi connectivity index (χ1) is 16.5. The van der Waals surface area contributed by atoms with Gasteiger partial charge in [0, 0.05) is 10.9 Å². The smallest absolute Gasteiger partial charge is 0.379 e. The lowest BCUT2D eigenvalue weighted by molar-refractivity contribution is 0.0702. The number of fused-ring (bicyclic) bond motifs is 2. The van der Waals surface area contributed by atoms with Gasteiger partial charge in [-0.1, -0.05) is 24.3 Å². The lowest BCUT2D eigenvalue weighted by Gasteiger charge is -2.09. The normalized spacial score (nSPS) is 13.6. The van der Waals surface area contributed by atoms with Crippen molar-refractivity contribution in [2.24, 2.45) is 0 Å². The fourth-order valence-corrected chi connectivity index (χ4v) is 3.78. The summed E-state index contributed by atoms with van der Waals surface area (Å²) in [6.07, 6.45) is 1.66. The molecule has 0 saturated carbocycles. The summed E-state index contributed by atoms with van der Waals surface area (Å²) in [6, 6.07) is 17.4. The number of furan rings is 1. The molecule has 0 aliphatic carbocycles. The minimum atomic E-state index is -0.667. The van der Waals surface area contributed by atoms with Crippen molar-refractivity contribution >= 4 is 28.8 Å². The molecule has 0 saturated heterocycles. The predicted molar refractivity (Wildman–Crippen MR) is 125 cm³/mol. The van der Waals surface area contributed by atoms with Gasteiger partial charge in [-0.25, -0.2) is 4.79 Å².